The van der Waals surface area contributed by atoms with Gasteiger partial charge in [-0.3, -0.25) is 0 Å². The van der Waals surface area contributed by atoms with E-state index in [4.69, 9.17) is 4.74 Å². The van der Waals surface area contributed by atoms with Crippen molar-refractivity contribution in [2.24, 2.45) is 0 Å². The van der Waals surface area contributed by atoms with Crippen LogP contribution in [0.4, 0.5) is 17.6 Å². The van der Waals surface area contributed by atoms with Gasteiger partial charge in [-0.1, -0.05) is 12.1 Å². The Kier molecular flexibility index (Phi) is 3.82. The summed E-state index contributed by atoms with van der Waals surface area (Å²) in [7, 11) is 0. The van der Waals surface area contributed by atoms with Crippen LogP contribution >= 0.6 is 11.3 Å². The number of hydrogen-bond donors (Lipinski definition) is 0. The van der Waals surface area contributed by atoms with Crippen molar-refractivity contribution in [3.05, 3.63) is 69.0 Å². The van der Waals surface area contributed by atoms with Crippen molar-refractivity contribution in [3.63, 3.8) is 0 Å². The Morgan fingerprint density at radius 1 is 1.16 bits per heavy atom. The van der Waals surface area contributed by atoms with Gasteiger partial charge in [-0.05, 0) is 47.2 Å². The molecule has 0 unspecified atom stereocenters. The lowest BCUT2D eigenvalue weighted by Gasteiger charge is -2.31. The number of benzene rings is 2. The summed E-state index contributed by atoms with van der Waals surface area (Å²) < 4.78 is 64.3. The molecule has 1 aromatic heterocycles. The van der Waals surface area contributed by atoms with Crippen LogP contribution in [0.25, 0.3) is 10.4 Å². The highest BCUT2D eigenvalue weighted by molar-refractivity contribution is 7.13. The van der Waals surface area contributed by atoms with Crippen LogP contribution in [0.15, 0.2) is 29.8 Å². The van der Waals surface area contributed by atoms with Gasteiger partial charge in [0.05, 0.1) is 22.0 Å². The molecule has 0 fully saturated rings. The second kappa shape index (κ2) is 6.30. The Bertz CT molecular complexity index is 1300. The Balaban J connectivity index is 1.59. The van der Waals surface area contributed by atoms with Crippen molar-refractivity contribution in [3.8, 4) is 22.4 Å². The fourth-order valence-corrected chi connectivity index (χ4v) is 6.06. The minimum Gasteiger partial charge on any atom is -0.462 e. The van der Waals surface area contributed by atoms with E-state index in [1.165, 1.54) is 11.3 Å². The first-order valence-electron chi connectivity index (χ1n) is 9.90. The number of hydrogen-bond acceptors (Lipinski definition) is 4. The molecule has 3 nitrogen and oxygen atoms in total. The smallest absolute Gasteiger partial charge is 0.292 e. The number of thiazole rings is 1. The van der Waals surface area contributed by atoms with Gasteiger partial charge in [-0.25, -0.2) is 22.5 Å². The number of nitrogens with zero attached hydrogens (tertiary/aromatic N) is 2. The van der Waals surface area contributed by atoms with Crippen molar-refractivity contribution in [2.45, 2.75) is 43.4 Å². The predicted octanol–water partition coefficient (Wildman–Crippen LogP) is 6.38. The zero-order valence-electron chi connectivity index (χ0n) is 16.0. The molecule has 2 aliphatic carbocycles. The number of fused-ring (bicyclic) bond motifs is 3. The van der Waals surface area contributed by atoms with Crippen LogP contribution in [0.1, 0.15) is 64.4 Å². The topological polar surface area (TPSA) is 45.9 Å². The summed E-state index contributed by atoms with van der Waals surface area (Å²) in [6, 6.07) is 7.76. The van der Waals surface area contributed by atoms with E-state index in [0.717, 1.165) is 12.1 Å². The summed E-state index contributed by atoms with van der Waals surface area (Å²) in [6.45, 7) is 0. The second-order valence-corrected chi connectivity index (χ2v) is 9.04. The van der Waals surface area contributed by atoms with Gasteiger partial charge >= 0.3 is 0 Å². The van der Waals surface area contributed by atoms with Crippen LogP contribution in [0, 0.1) is 17.1 Å². The van der Waals surface area contributed by atoms with E-state index in [9.17, 15) is 14.0 Å². The average molecular weight is 442 g/mol. The first kappa shape index (κ1) is 18.8. The highest BCUT2D eigenvalue weighted by atomic mass is 32.1. The molecule has 3 atom stereocenters. The molecule has 0 saturated carbocycles. The van der Waals surface area contributed by atoms with Crippen LogP contribution in [-0.2, 0) is 6.42 Å². The van der Waals surface area contributed by atoms with Crippen molar-refractivity contribution in [2.75, 3.05) is 0 Å². The van der Waals surface area contributed by atoms with Crippen molar-refractivity contribution >= 4 is 11.3 Å². The molecule has 31 heavy (non-hydrogen) atoms. The average Bonchev–Trinajstić information content (AvgIpc) is 3.32. The van der Waals surface area contributed by atoms with E-state index in [0.29, 0.717) is 39.1 Å². The summed E-state index contributed by atoms with van der Waals surface area (Å²) in [5, 5.41) is 9.58. The van der Waals surface area contributed by atoms with Crippen molar-refractivity contribution < 1.29 is 22.3 Å². The lowest BCUT2D eigenvalue weighted by atomic mass is 9.74. The molecule has 3 aromatic rings. The second-order valence-electron chi connectivity index (χ2n) is 8.18. The molecule has 1 aliphatic heterocycles. The Hall–Kier alpha value is -2.92. The normalized spacial score (nSPS) is 24.5. The fourth-order valence-electron chi connectivity index (χ4n) is 5.30. The van der Waals surface area contributed by atoms with Gasteiger partial charge in [0.1, 0.15) is 12.0 Å². The van der Waals surface area contributed by atoms with Gasteiger partial charge < -0.3 is 4.74 Å². The summed E-state index contributed by atoms with van der Waals surface area (Å²) >= 11 is 1.33. The van der Waals surface area contributed by atoms with E-state index in [1.54, 1.807) is 17.6 Å². The summed E-state index contributed by atoms with van der Waals surface area (Å²) in [5.74, 6) is -4.04. The summed E-state index contributed by atoms with van der Waals surface area (Å²) in [6.07, 6.45) is -2.83. The van der Waals surface area contributed by atoms with Crippen LogP contribution in [-0.4, -0.2) is 10.9 Å². The summed E-state index contributed by atoms with van der Waals surface area (Å²) in [5.41, 5.74) is 4.40. The maximum Gasteiger partial charge on any atom is 0.292 e. The molecule has 0 amide bonds. The van der Waals surface area contributed by atoms with Gasteiger partial charge in [0, 0.05) is 23.5 Å². The number of nitriles is 1. The summed E-state index contributed by atoms with van der Waals surface area (Å²) in [4.78, 5) is 4.79. The first-order valence-corrected chi connectivity index (χ1v) is 10.8. The zero-order valence-corrected chi connectivity index (χ0v) is 16.8. The van der Waals surface area contributed by atoms with E-state index in [-0.39, 0.29) is 23.4 Å². The Morgan fingerprint density at radius 2 is 2.00 bits per heavy atom. The maximum absolute atomic E-state index is 15.0. The van der Waals surface area contributed by atoms with E-state index in [1.807, 2.05) is 6.07 Å². The number of rotatable bonds is 1. The third-order valence-corrected chi connectivity index (χ3v) is 7.37. The van der Waals surface area contributed by atoms with Gasteiger partial charge in [0.25, 0.3) is 5.92 Å². The first-order chi connectivity index (χ1) is 14.9. The molecule has 156 valence electrons. The number of alkyl halides is 3. The molecule has 3 aliphatic rings. The number of aromatic nitrogens is 1. The van der Waals surface area contributed by atoms with Gasteiger partial charge in [-0.2, -0.15) is 5.26 Å². The number of halogens is 4. The molecule has 0 saturated heterocycles. The molecule has 2 heterocycles. The SMILES string of the molecule is N#Cc1cc(F)cc2c1[C@@H](c1ccc3c4c1CC(F)(F)[C@H]4Oc1ncsc1-3)CC[C@@H]2F. The van der Waals surface area contributed by atoms with Crippen molar-refractivity contribution in [1.29, 1.82) is 5.26 Å². The molecule has 6 rings (SSSR count). The lowest BCUT2D eigenvalue weighted by Crippen LogP contribution is -2.28. The largest absolute Gasteiger partial charge is 0.462 e. The van der Waals surface area contributed by atoms with E-state index >= 15 is 8.78 Å². The molecule has 0 spiro atoms. The molecular weight excluding hydrogens is 428 g/mol. The number of ether oxygens (including phenoxy) is 1. The van der Waals surface area contributed by atoms with E-state index in [2.05, 4.69) is 4.98 Å². The minimum absolute atomic E-state index is 0.0505. The molecule has 2 aromatic carbocycles. The molecule has 0 N–H and O–H groups in total. The third-order valence-electron chi connectivity index (χ3n) is 6.53. The standard InChI is InChI=1S/C23H14F4N2OS/c24-11-5-10(8-28)18-13(3-4-17(25)15(18)6-11)12-1-2-14-19-16(12)7-23(26,27)21(19)30-22-20(14)31-9-29-22/h1-2,5-6,9,13,17,21H,3-4,7H2/t13-,17+,21+/m1/s1. The maximum atomic E-state index is 15.0. The van der Waals surface area contributed by atoms with Gasteiger partial charge in [0.15, 0.2) is 6.10 Å². The minimum atomic E-state index is -3.12. The lowest BCUT2D eigenvalue weighted by molar-refractivity contribution is -0.0866. The van der Waals surface area contributed by atoms with Gasteiger partial charge in [0.2, 0.25) is 5.88 Å². The van der Waals surface area contributed by atoms with Crippen LogP contribution in [0.3, 0.4) is 0 Å². The van der Waals surface area contributed by atoms with Crippen LogP contribution in [0.2, 0.25) is 0 Å². The van der Waals surface area contributed by atoms with Crippen LogP contribution < -0.4 is 4.74 Å². The fraction of sp³-hybridized carbons (Fsp3) is 0.304. The molecule has 8 heteroatoms. The highest BCUT2D eigenvalue weighted by Crippen LogP contribution is 2.57. The Labute approximate surface area is 178 Å². The third kappa shape index (κ3) is 2.53. The zero-order chi connectivity index (χ0) is 21.5. The van der Waals surface area contributed by atoms with E-state index < -0.39 is 36.4 Å². The van der Waals surface area contributed by atoms with Crippen molar-refractivity contribution in [1.82, 2.24) is 4.98 Å². The predicted molar refractivity (Wildman–Crippen MR) is 106 cm³/mol. The van der Waals surface area contributed by atoms with Crippen LogP contribution in [0.5, 0.6) is 5.88 Å². The molecule has 0 bridgehead atoms. The van der Waals surface area contributed by atoms with Gasteiger partial charge in [-0.15, -0.1) is 11.3 Å². The molecular formula is C23H14F4N2OS. The molecule has 0 radical (unpaired) electrons. The quantitative estimate of drug-likeness (QED) is 0.411. The highest BCUT2D eigenvalue weighted by Gasteiger charge is 2.54. The Morgan fingerprint density at radius 3 is 2.81 bits per heavy atom. The monoisotopic (exact) mass is 442 g/mol.